The SMILES string of the molecule is CN(C)C(C)(C)CNc1snc(N)c1-c1ccncc1. The molecular weight excluding hydrogens is 270 g/mol. The number of nitrogens with zero attached hydrogens (tertiary/aromatic N) is 3. The Labute approximate surface area is 124 Å². The van der Waals surface area contributed by atoms with Gasteiger partial charge in [0.2, 0.25) is 0 Å². The van der Waals surface area contributed by atoms with E-state index in [9.17, 15) is 0 Å². The predicted molar refractivity (Wildman–Crippen MR) is 86.0 cm³/mol. The minimum atomic E-state index is 0.0499. The van der Waals surface area contributed by atoms with Crippen molar-refractivity contribution < 1.29 is 0 Å². The molecule has 6 heteroatoms. The van der Waals surface area contributed by atoms with Crippen LogP contribution in [0.2, 0.25) is 0 Å². The Morgan fingerprint density at radius 2 is 1.95 bits per heavy atom. The van der Waals surface area contributed by atoms with Crippen molar-refractivity contribution in [3.63, 3.8) is 0 Å². The maximum atomic E-state index is 6.00. The molecule has 2 aromatic rings. The zero-order valence-electron chi connectivity index (χ0n) is 12.3. The summed E-state index contributed by atoms with van der Waals surface area (Å²) < 4.78 is 4.26. The molecule has 0 spiro atoms. The van der Waals surface area contributed by atoms with Gasteiger partial charge in [0.05, 0.1) is 5.56 Å². The van der Waals surface area contributed by atoms with E-state index in [1.165, 1.54) is 11.5 Å². The van der Waals surface area contributed by atoms with E-state index in [0.717, 1.165) is 22.7 Å². The topological polar surface area (TPSA) is 67.1 Å². The highest BCUT2D eigenvalue weighted by molar-refractivity contribution is 7.11. The third-order valence-electron chi connectivity index (χ3n) is 3.58. The van der Waals surface area contributed by atoms with Crippen LogP contribution in [0.1, 0.15) is 13.8 Å². The molecule has 0 saturated heterocycles. The third-order valence-corrected chi connectivity index (χ3v) is 4.40. The summed E-state index contributed by atoms with van der Waals surface area (Å²) in [5.74, 6) is 0.561. The first-order chi connectivity index (χ1) is 9.42. The largest absolute Gasteiger partial charge is 0.382 e. The molecule has 108 valence electrons. The van der Waals surface area contributed by atoms with Crippen molar-refractivity contribution >= 4 is 22.4 Å². The second-order valence-electron chi connectivity index (χ2n) is 5.57. The molecule has 0 aliphatic heterocycles. The molecule has 2 aromatic heterocycles. The zero-order valence-corrected chi connectivity index (χ0v) is 13.2. The summed E-state index contributed by atoms with van der Waals surface area (Å²) in [4.78, 5) is 6.23. The standard InChI is InChI=1S/C14H21N5S/c1-14(2,19(3)4)9-17-13-11(12(15)18-20-13)10-5-7-16-8-6-10/h5-8,17H,9H2,1-4H3,(H2,15,18). The van der Waals surface area contributed by atoms with Gasteiger partial charge in [0.1, 0.15) is 10.8 Å². The Morgan fingerprint density at radius 1 is 1.30 bits per heavy atom. The van der Waals surface area contributed by atoms with Crippen molar-refractivity contribution in [1.29, 1.82) is 0 Å². The number of likely N-dealkylation sites (N-methyl/N-ethyl adjacent to an activating group) is 1. The number of nitrogen functional groups attached to an aromatic ring is 1. The molecule has 2 heterocycles. The van der Waals surface area contributed by atoms with Crippen molar-refractivity contribution in [3.8, 4) is 11.1 Å². The van der Waals surface area contributed by atoms with Crippen molar-refractivity contribution in [2.24, 2.45) is 0 Å². The van der Waals surface area contributed by atoms with Gasteiger partial charge in [-0.25, -0.2) is 0 Å². The van der Waals surface area contributed by atoms with Gasteiger partial charge >= 0.3 is 0 Å². The molecule has 5 nitrogen and oxygen atoms in total. The summed E-state index contributed by atoms with van der Waals surface area (Å²) >= 11 is 1.40. The fourth-order valence-electron chi connectivity index (χ4n) is 1.68. The van der Waals surface area contributed by atoms with Gasteiger partial charge in [-0.15, -0.1) is 0 Å². The van der Waals surface area contributed by atoms with Gasteiger partial charge in [0, 0.05) is 24.5 Å². The van der Waals surface area contributed by atoms with Gasteiger partial charge in [-0.05, 0) is 57.2 Å². The summed E-state index contributed by atoms with van der Waals surface area (Å²) in [6.45, 7) is 5.20. The minimum Gasteiger partial charge on any atom is -0.382 e. The van der Waals surface area contributed by atoms with Crippen LogP contribution in [0.25, 0.3) is 11.1 Å². The minimum absolute atomic E-state index is 0.0499. The first-order valence-electron chi connectivity index (χ1n) is 6.48. The van der Waals surface area contributed by atoms with Crippen LogP contribution in [-0.2, 0) is 0 Å². The quantitative estimate of drug-likeness (QED) is 0.886. The van der Waals surface area contributed by atoms with E-state index >= 15 is 0 Å². The number of anilines is 2. The Kier molecular flexibility index (Phi) is 4.25. The van der Waals surface area contributed by atoms with Gasteiger partial charge in [0.25, 0.3) is 0 Å². The van der Waals surface area contributed by atoms with Crippen LogP contribution in [0, 0.1) is 0 Å². The molecule has 2 rings (SSSR count). The predicted octanol–water partition coefficient (Wildman–Crippen LogP) is 2.54. The number of pyridine rings is 1. The van der Waals surface area contributed by atoms with Crippen LogP contribution >= 0.6 is 11.5 Å². The van der Waals surface area contributed by atoms with E-state index in [4.69, 9.17) is 5.73 Å². The summed E-state index contributed by atoms with van der Waals surface area (Å²) in [6, 6.07) is 3.89. The molecule has 0 amide bonds. The molecule has 0 aromatic carbocycles. The lowest BCUT2D eigenvalue weighted by atomic mass is 10.0. The van der Waals surface area contributed by atoms with Crippen LogP contribution in [0.3, 0.4) is 0 Å². The summed E-state index contributed by atoms with van der Waals surface area (Å²) in [5.41, 5.74) is 8.05. The van der Waals surface area contributed by atoms with Crippen LogP contribution in [-0.4, -0.2) is 40.4 Å². The average molecular weight is 291 g/mol. The summed E-state index contributed by atoms with van der Waals surface area (Å²) in [5, 5.41) is 4.47. The average Bonchev–Trinajstić information content (AvgIpc) is 2.78. The number of hydrogen-bond acceptors (Lipinski definition) is 6. The summed E-state index contributed by atoms with van der Waals surface area (Å²) in [6.07, 6.45) is 3.53. The monoisotopic (exact) mass is 291 g/mol. The number of hydrogen-bond donors (Lipinski definition) is 2. The van der Waals surface area contributed by atoms with E-state index in [1.807, 2.05) is 12.1 Å². The maximum Gasteiger partial charge on any atom is 0.147 e. The second kappa shape index (κ2) is 5.76. The van der Waals surface area contributed by atoms with Gasteiger partial charge in [-0.1, -0.05) is 0 Å². The molecule has 0 unspecified atom stereocenters. The molecule has 0 atom stereocenters. The molecule has 0 saturated carbocycles. The lowest BCUT2D eigenvalue weighted by molar-refractivity contribution is 0.210. The van der Waals surface area contributed by atoms with Crippen LogP contribution in [0.4, 0.5) is 10.8 Å². The van der Waals surface area contributed by atoms with E-state index in [-0.39, 0.29) is 5.54 Å². The lowest BCUT2D eigenvalue weighted by Gasteiger charge is -2.32. The van der Waals surface area contributed by atoms with Crippen LogP contribution in [0.15, 0.2) is 24.5 Å². The van der Waals surface area contributed by atoms with E-state index in [1.54, 1.807) is 12.4 Å². The maximum absolute atomic E-state index is 6.00. The van der Waals surface area contributed by atoms with Gasteiger partial charge in [0.15, 0.2) is 0 Å². The highest BCUT2D eigenvalue weighted by Gasteiger charge is 2.22. The van der Waals surface area contributed by atoms with Crippen LogP contribution in [0.5, 0.6) is 0 Å². The number of aromatic nitrogens is 2. The van der Waals surface area contributed by atoms with E-state index in [0.29, 0.717) is 5.82 Å². The molecule has 0 fully saturated rings. The fraction of sp³-hybridized carbons (Fsp3) is 0.429. The normalized spacial score (nSPS) is 11.8. The smallest absolute Gasteiger partial charge is 0.147 e. The Bertz CT molecular complexity index is 562. The first kappa shape index (κ1) is 14.7. The first-order valence-corrected chi connectivity index (χ1v) is 7.26. The highest BCUT2D eigenvalue weighted by atomic mass is 32.1. The van der Waals surface area contributed by atoms with Crippen molar-refractivity contribution in [1.82, 2.24) is 14.3 Å². The molecule has 20 heavy (non-hydrogen) atoms. The molecule has 3 N–H and O–H groups in total. The van der Waals surface area contributed by atoms with Crippen molar-refractivity contribution in [2.45, 2.75) is 19.4 Å². The second-order valence-corrected chi connectivity index (χ2v) is 6.34. The van der Waals surface area contributed by atoms with Gasteiger partial charge in [-0.2, -0.15) is 4.37 Å². The highest BCUT2D eigenvalue weighted by Crippen LogP contribution is 2.36. The Hall–Kier alpha value is -1.66. The van der Waals surface area contributed by atoms with Gasteiger partial charge in [-0.3, -0.25) is 4.98 Å². The molecule has 0 bridgehead atoms. The fourth-order valence-corrected chi connectivity index (χ4v) is 2.41. The zero-order chi connectivity index (χ0) is 14.8. The lowest BCUT2D eigenvalue weighted by Crippen LogP contribution is -2.44. The Morgan fingerprint density at radius 3 is 2.55 bits per heavy atom. The van der Waals surface area contributed by atoms with E-state index in [2.05, 4.69) is 47.5 Å². The third kappa shape index (κ3) is 3.08. The number of nitrogens with one attached hydrogen (secondary N) is 1. The number of nitrogens with two attached hydrogens (primary N) is 1. The summed E-state index contributed by atoms with van der Waals surface area (Å²) in [7, 11) is 4.15. The molecule has 0 radical (unpaired) electrons. The Balaban J connectivity index is 2.23. The van der Waals surface area contributed by atoms with Gasteiger partial charge < -0.3 is 16.0 Å². The molecular formula is C14H21N5S. The molecule has 0 aliphatic carbocycles. The number of rotatable bonds is 5. The van der Waals surface area contributed by atoms with Crippen molar-refractivity contribution in [3.05, 3.63) is 24.5 Å². The van der Waals surface area contributed by atoms with Crippen molar-refractivity contribution in [2.75, 3.05) is 31.7 Å². The van der Waals surface area contributed by atoms with Crippen LogP contribution < -0.4 is 11.1 Å². The van der Waals surface area contributed by atoms with E-state index < -0.39 is 0 Å². The molecule has 0 aliphatic rings.